The lowest BCUT2D eigenvalue weighted by Crippen LogP contribution is -2.25. The number of benzene rings is 1. The van der Waals surface area contributed by atoms with Crippen LogP contribution in [0.2, 0.25) is 0 Å². The summed E-state index contributed by atoms with van der Waals surface area (Å²) in [6.07, 6.45) is 3.45. The summed E-state index contributed by atoms with van der Waals surface area (Å²) in [5.41, 5.74) is 3.16. The summed E-state index contributed by atoms with van der Waals surface area (Å²) in [6, 6.07) is 13.2. The molecule has 2 heterocycles. The summed E-state index contributed by atoms with van der Waals surface area (Å²) >= 11 is 0. The molecule has 140 valence electrons. The number of ether oxygens (including phenoxy) is 1. The second-order valence-electron chi connectivity index (χ2n) is 6.92. The predicted octanol–water partition coefficient (Wildman–Crippen LogP) is 5.17. The molecule has 0 N–H and O–H groups in total. The van der Waals surface area contributed by atoms with Gasteiger partial charge in [0, 0.05) is 32.1 Å². The highest BCUT2D eigenvalue weighted by molar-refractivity contribution is 5.91. The number of hydrogen-bond donors (Lipinski definition) is 0. The molecule has 5 heteroatoms. The minimum atomic E-state index is -0.207. The van der Waals surface area contributed by atoms with Crippen molar-refractivity contribution in [2.45, 2.75) is 33.2 Å². The quantitative estimate of drug-likeness (QED) is 0.605. The fourth-order valence-electron chi connectivity index (χ4n) is 2.71. The van der Waals surface area contributed by atoms with Crippen LogP contribution in [0.5, 0.6) is 11.7 Å². The number of carbonyl (C=O) groups excluding carboxylic acids is 1. The van der Waals surface area contributed by atoms with Gasteiger partial charge in [0.25, 0.3) is 11.9 Å². The lowest BCUT2D eigenvalue weighted by atomic mass is 10.0. The number of rotatable bonds is 6. The topological polar surface area (TPSA) is 55.6 Å². The molecule has 0 spiro atoms. The number of pyridine rings is 1. The van der Waals surface area contributed by atoms with Crippen LogP contribution in [0.3, 0.4) is 0 Å². The maximum atomic E-state index is 12.6. The van der Waals surface area contributed by atoms with Gasteiger partial charge in [-0.25, -0.2) is 0 Å². The fraction of sp³-hybridized carbons (Fsp3) is 0.273. The van der Waals surface area contributed by atoms with Crippen LogP contribution in [0.1, 0.15) is 47.0 Å². The molecule has 1 amide bonds. The number of carbonyl (C=O) groups is 1. The van der Waals surface area contributed by atoms with Gasteiger partial charge in [0.1, 0.15) is 5.75 Å². The molecule has 3 rings (SSSR count). The number of aryl methyl sites for hydroxylation is 1. The molecule has 0 radical (unpaired) electrons. The van der Waals surface area contributed by atoms with Crippen LogP contribution in [0, 0.1) is 6.92 Å². The Kier molecular flexibility index (Phi) is 5.60. The van der Waals surface area contributed by atoms with Gasteiger partial charge in [-0.2, -0.15) is 0 Å². The number of nitrogens with zero attached hydrogens (tertiary/aromatic N) is 2. The summed E-state index contributed by atoms with van der Waals surface area (Å²) in [5, 5.41) is 0. The summed E-state index contributed by atoms with van der Waals surface area (Å²) in [5.74, 6) is 1.48. The summed E-state index contributed by atoms with van der Waals surface area (Å²) in [6.45, 7) is 6.71. The Bertz CT molecular complexity index is 916. The second kappa shape index (κ2) is 8.08. The van der Waals surface area contributed by atoms with E-state index in [1.54, 1.807) is 36.5 Å². The first-order chi connectivity index (χ1) is 12.9. The van der Waals surface area contributed by atoms with E-state index in [-0.39, 0.29) is 11.7 Å². The summed E-state index contributed by atoms with van der Waals surface area (Å²) in [4.78, 5) is 18.2. The molecule has 3 aromatic rings. The first-order valence-electron chi connectivity index (χ1n) is 8.96. The van der Waals surface area contributed by atoms with Crippen LogP contribution in [-0.2, 0) is 6.54 Å². The number of amides is 1. The number of furan rings is 1. The van der Waals surface area contributed by atoms with Crippen molar-refractivity contribution in [3.63, 3.8) is 0 Å². The largest absolute Gasteiger partial charge is 0.426 e. The smallest absolute Gasteiger partial charge is 0.290 e. The monoisotopic (exact) mass is 364 g/mol. The maximum Gasteiger partial charge on any atom is 0.290 e. The van der Waals surface area contributed by atoms with Crippen LogP contribution in [-0.4, -0.2) is 22.8 Å². The van der Waals surface area contributed by atoms with Crippen molar-refractivity contribution in [2.24, 2.45) is 0 Å². The Balaban J connectivity index is 1.71. The SMILES string of the molecule is Cc1ccc(C(C)C)cc1Oc1ccc(C(=O)N(C)Cc2cccnc2)o1. The van der Waals surface area contributed by atoms with Crippen LogP contribution in [0.15, 0.2) is 59.3 Å². The first-order valence-corrected chi connectivity index (χ1v) is 8.96. The Labute approximate surface area is 159 Å². The third-order valence-electron chi connectivity index (χ3n) is 4.37. The summed E-state index contributed by atoms with van der Waals surface area (Å²) < 4.78 is 11.5. The third kappa shape index (κ3) is 4.56. The van der Waals surface area contributed by atoms with E-state index in [1.165, 1.54) is 5.56 Å². The van der Waals surface area contributed by atoms with Crippen LogP contribution in [0.25, 0.3) is 0 Å². The molecule has 0 aliphatic carbocycles. The zero-order valence-corrected chi connectivity index (χ0v) is 16.1. The van der Waals surface area contributed by atoms with Gasteiger partial charge >= 0.3 is 0 Å². The molecule has 27 heavy (non-hydrogen) atoms. The van der Waals surface area contributed by atoms with Gasteiger partial charge in [-0.05, 0) is 47.7 Å². The Morgan fingerprint density at radius 2 is 2.04 bits per heavy atom. The molecule has 0 saturated carbocycles. The zero-order chi connectivity index (χ0) is 19.4. The van der Waals surface area contributed by atoms with Crippen molar-refractivity contribution >= 4 is 5.91 Å². The Morgan fingerprint density at radius 3 is 2.74 bits per heavy atom. The Hall–Kier alpha value is -3.08. The van der Waals surface area contributed by atoms with E-state index in [2.05, 4.69) is 24.9 Å². The van der Waals surface area contributed by atoms with Gasteiger partial charge in [-0.15, -0.1) is 0 Å². The minimum absolute atomic E-state index is 0.207. The van der Waals surface area contributed by atoms with Gasteiger partial charge in [-0.1, -0.05) is 32.0 Å². The highest BCUT2D eigenvalue weighted by atomic mass is 16.6. The molecule has 0 unspecified atom stereocenters. The van der Waals surface area contributed by atoms with Crippen molar-refractivity contribution < 1.29 is 13.9 Å². The lowest BCUT2D eigenvalue weighted by molar-refractivity contribution is 0.0748. The van der Waals surface area contributed by atoms with Crippen molar-refractivity contribution in [1.29, 1.82) is 0 Å². The molecule has 0 saturated heterocycles. The molecular formula is C22H24N2O3. The van der Waals surface area contributed by atoms with Gasteiger partial charge in [0.05, 0.1) is 0 Å². The molecule has 1 aromatic carbocycles. The van der Waals surface area contributed by atoms with Crippen LogP contribution >= 0.6 is 0 Å². The predicted molar refractivity (Wildman–Crippen MR) is 104 cm³/mol. The van der Waals surface area contributed by atoms with Crippen molar-refractivity contribution in [3.8, 4) is 11.7 Å². The number of aromatic nitrogens is 1. The van der Waals surface area contributed by atoms with Crippen molar-refractivity contribution in [2.75, 3.05) is 7.05 Å². The fourth-order valence-corrected chi connectivity index (χ4v) is 2.71. The van der Waals surface area contributed by atoms with E-state index in [9.17, 15) is 4.79 Å². The van der Waals surface area contributed by atoms with Crippen molar-refractivity contribution in [1.82, 2.24) is 9.88 Å². The standard InChI is InChI=1S/C22H24N2O3/c1-15(2)18-8-7-16(3)20(12-18)27-21-10-9-19(26-21)22(25)24(4)14-17-6-5-11-23-13-17/h5-13,15H,14H2,1-4H3. The van der Waals surface area contributed by atoms with Gasteiger partial charge < -0.3 is 14.1 Å². The van der Waals surface area contributed by atoms with Gasteiger partial charge in [-0.3, -0.25) is 9.78 Å². The van der Waals surface area contributed by atoms with E-state index in [0.717, 1.165) is 16.9 Å². The molecule has 0 aliphatic heterocycles. The molecule has 2 aromatic heterocycles. The van der Waals surface area contributed by atoms with E-state index in [1.807, 2.05) is 31.2 Å². The van der Waals surface area contributed by atoms with E-state index in [0.29, 0.717) is 18.4 Å². The van der Waals surface area contributed by atoms with Crippen LogP contribution < -0.4 is 4.74 Å². The molecule has 0 bridgehead atoms. The number of hydrogen-bond acceptors (Lipinski definition) is 4. The van der Waals surface area contributed by atoms with E-state index in [4.69, 9.17) is 9.15 Å². The molecule has 5 nitrogen and oxygen atoms in total. The molecular weight excluding hydrogens is 340 g/mol. The molecule has 0 fully saturated rings. The third-order valence-corrected chi connectivity index (χ3v) is 4.37. The highest BCUT2D eigenvalue weighted by Gasteiger charge is 2.17. The first kappa shape index (κ1) is 18.7. The lowest BCUT2D eigenvalue weighted by Gasteiger charge is -2.15. The molecule has 0 atom stereocenters. The van der Waals surface area contributed by atoms with Gasteiger partial charge in [0.2, 0.25) is 0 Å². The Morgan fingerprint density at radius 1 is 1.22 bits per heavy atom. The van der Waals surface area contributed by atoms with Crippen LogP contribution in [0.4, 0.5) is 0 Å². The normalized spacial score (nSPS) is 10.9. The minimum Gasteiger partial charge on any atom is -0.426 e. The van der Waals surface area contributed by atoms with Gasteiger partial charge in [0.15, 0.2) is 5.76 Å². The average molecular weight is 364 g/mol. The van der Waals surface area contributed by atoms with Crippen molar-refractivity contribution in [3.05, 3.63) is 77.3 Å². The second-order valence-corrected chi connectivity index (χ2v) is 6.92. The zero-order valence-electron chi connectivity index (χ0n) is 16.1. The maximum absolute atomic E-state index is 12.6. The summed E-state index contributed by atoms with van der Waals surface area (Å²) in [7, 11) is 1.73. The highest BCUT2D eigenvalue weighted by Crippen LogP contribution is 2.30. The molecule has 0 aliphatic rings. The van der Waals surface area contributed by atoms with E-state index >= 15 is 0 Å². The average Bonchev–Trinajstić information content (AvgIpc) is 3.12. The van der Waals surface area contributed by atoms with E-state index < -0.39 is 0 Å².